The van der Waals surface area contributed by atoms with E-state index < -0.39 is 5.97 Å². The Balaban J connectivity index is 2.47. The second-order valence-electron chi connectivity index (χ2n) is 3.83. The predicted octanol–water partition coefficient (Wildman–Crippen LogP) is 3.38. The van der Waals surface area contributed by atoms with Gasteiger partial charge in [0, 0.05) is 5.39 Å². The van der Waals surface area contributed by atoms with Gasteiger partial charge in [-0.05, 0) is 30.7 Å². The minimum absolute atomic E-state index is 0.00257. The van der Waals surface area contributed by atoms with Crippen LogP contribution in [0.3, 0.4) is 0 Å². The van der Waals surface area contributed by atoms with Crippen LogP contribution < -0.4 is 4.74 Å². The van der Waals surface area contributed by atoms with Crippen LogP contribution in [0.2, 0.25) is 5.15 Å². The first-order valence-electron chi connectivity index (χ1n) is 5.58. The van der Waals surface area contributed by atoms with Gasteiger partial charge in [0.1, 0.15) is 10.9 Å². The monoisotopic (exact) mass is 265 g/mol. The van der Waals surface area contributed by atoms with E-state index in [1.165, 1.54) is 6.07 Å². The molecular formula is C13H12ClNO3. The van der Waals surface area contributed by atoms with E-state index in [4.69, 9.17) is 21.4 Å². The minimum Gasteiger partial charge on any atom is -0.494 e. The summed E-state index contributed by atoms with van der Waals surface area (Å²) in [5, 5.41) is 9.68. The molecule has 1 N–H and O–H groups in total. The Kier molecular flexibility index (Phi) is 3.67. The smallest absolute Gasteiger partial charge is 0.338 e. The van der Waals surface area contributed by atoms with Gasteiger partial charge in [-0.15, -0.1) is 0 Å². The van der Waals surface area contributed by atoms with Crippen LogP contribution in [0.4, 0.5) is 0 Å². The number of carbonyl (C=O) groups is 1. The molecule has 0 unspecified atom stereocenters. The molecule has 1 aromatic carbocycles. The molecule has 2 aromatic rings. The van der Waals surface area contributed by atoms with Crippen LogP contribution in [0.25, 0.3) is 10.9 Å². The van der Waals surface area contributed by atoms with Crippen LogP contribution in [0.1, 0.15) is 23.7 Å². The number of hydrogen-bond donors (Lipinski definition) is 1. The molecule has 0 saturated carbocycles. The lowest BCUT2D eigenvalue weighted by Crippen LogP contribution is -2.00. The number of fused-ring (bicyclic) bond motifs is 1. The molecule has 0 amide bonds. The number of carboxylic acid groups (broad SMARTS) is 1. The van der Waals surface area contributed by atoms with E-state index in [1.54, 1.807) is 18.2 Å². The number of rotatable bonds is 4. The number of aromatic nitrogens is 1. The van der Waals surface area contributed by atoms with Crippen molar-refractivity contribution in [2.75, 3.05) is 6.61 Å². The van der Waals surface area contributed by atoms with Crippen molar-refractivity contribution in [3.05, 3.63) is 35.0 Å². The normalized spacial score (nSPS) is 10.6. The van der Waals surface area contributed by atoms with Crippen LogP contribution in [0.5, 0.6) is 5.75 Å². The molecule has 2 rings (SSSR count). The fourth-order valence-corrected chi connectivity index (χ4v) is 1.82. The third kappa shape index (κ3) is 2.54. The minimum atomic E-state index is -1.09. The first kappa shape index (κ1) is 12.6. The molecule has 1 heterocycles. The molecule has 0 bridgehead atoms. The number of hydrogen-bond acceptors (Lipinski definition) is 3. The fraction of sp³-hybridized carbons (Fsp3) is 0.231. The molecule has 5 heteroatoms. The number of benzene rings is 1. The molecule has 0 spiro atoms. The van der Waals surface area contributed by atoms with E-state index in [0.717, 1.165) is 6.42 Å². The van der Waals surface area contributed by atoms with Crippen LogP contribution in [0, 0.1) is 0 Å². The number of nitrogens with zero attached hydrogens (tertiary/aromatic N) is 1. The van der Waals surface area contributed by atoms with Gasteiger partial charge < -0.3 is 9.84 Å². The van der Waals surface area contributed by atoms with Gasteiger partial charge in [-0.1, -0.05) is 18.5 Å². The zero-order valence-electron chi connectivity index (χ0n) is 9.81. The van der Waals surface area contributed by atoms with Gasteiger partial charge >= 0.3 is 5.97 Å². The SMILES string of the molecule is CCCOc1ccc2nc(Cl)c(C(=O)O)cc2c1. The molecule has 1 aromatic heterocycles. The Morgan fingerprint density at radius 3 is 2.89 bits per heavy atom. The first-order chi connectivity index (χ1) is 8.61. The highest BCUT2D eigenvalue weighted by atomic mass is 35.5. The molecule has 0 aliphatic heterocycles. The van der Waals surface area contributed by atoms with E-state index in [2.05, 4.69) is 4.98 Å². The maximum atomic E-state index is 11.0. The van der Waals surface area contributed by atoms with E-state index >= 15 is 0 Å². The van der Waals surface area contributed by atoms with E-state index in [-0.39, 0.29) is 10.7 Å². The maximum Gasteiger partial charge on any atom is 0.338 e. The van der Waals surface area contributed by atoms with Gasteiger partial charge in [0.15, 0.2) is 0 Å². The van der Waals surface area contributed by atoms with Crippen LogP contribution in [-0.4, -0.2) is 22.7 Å². The Morgan fingerprint density at radius 2 is 2.22 bits per heavy atom. The molecule has 0 aliphatic rings. The van der Waals surface area contributed by atoms with Gasteiger partial charge in [-0.2, -0.15) is 0 Å². The number of aromatic carboxylic acids is 1. The summed E-state index contributed by atoms with van der Waals surface area (Å²) in [4.78, 5) is 15.0. The summed E-state index contributed by atoms with van der Waals surface area (Å²) >= 11 is 5.80. The third-order valence-corrected chi connectivity index (χ3v) is 2.73. The highest BCUT2D eigenvalue weighted by Crippen LogP contribution is 2.24. The summed E-state index contributed by atoms with van der Waals surface area (Å²) < 4.78 is 5.49. The lowest BCUT2D eigenvalue weighted by atomic mass is 10.1. The Morgan fingerprint density at radius 1 is 1.44 bits per heavy atom. The number of halogens is 1. The molecule has 18 heavy (non-hydrogen) atoms. The topological polar surface area (TPSA) is 59.4 Å². The van der Waals surface area contributed by atoms with Crippen molar-refractivity contribution in [3.63, 3.8) is 0 Å². The Hall–Kier alpha value is -1.81. The molecule has 0 saturated heterocycles. The zero-order chi connectivity index (χ0) is 13.1. The molecular weight excluding hydrogens is 254 g/mol. The summed E-state index contributed by atoms with van der Waals surface area (Å²) in [5.74, 6) is -0.390. The van der Waals surface area contributed by atoms with Gasteiger partial charge in [0.25, 0.3) is 0 Å². The molecule has 0 radical (unpaired) electrons. The Labute approximate surface area is 109 Å². The van der Waals surface area contributed by atoms with E-state index in [0.29, 0.717) is 23.3 Å². The summed E-state index contributed by atoms with van der Waals surface area (Å²) in [5.41, 5.74) is 0.644. The third-order valence-electron chi connectivity index (χ3n) is 2.44. The quantitative estimate of drug-likeness (QED) is 0.861. The molecule has 4 nitrogen and oxygen atoms in total. The Bertz CT molecular complexity index is 598. The van der Waals surface area contributed by atoms with Crippen LogP contribution in [0.15, 0.2) is 24.3 Å². The van der Waals surface area contributed by atoms with Crippen molar-refractivity contribution < 1.29 is 14.6 Å². The highest BCUT2D eigenvalue weighted by Gasteiger charge is 2.11. The summed E-state index contributed by atoms with van der Waals surface area (Å²) in [7, 11) is 0. The van der Waals surface area contributed by atoms with Crippen molar-refractivity contribution in [2.45, 2.75) is 13.3 Å². The predicted molar refractivity (Wildman–Crippen MR) is 69.5 cm³/mol. The van der Waals surface area contributed by atoms with Crippen molar-refractivity contribution in [2.24, 2.45) is 0 Å². The van der Waals surface area contributed by atoms with Crippen molar-refractivity contribution in [1.82, 2.24) is 4.98 Å². The molecule has 0 fully saturated rings. The largest absolute Gasteiger partial charge is 0.494 e. The number of carboxylic acids is 1. The highest BCUT2D eigenvalue weighted by molar-refractivity contribution is 6.32. The lowest BCUT2D eigenvalue weighted by Gasteiger charge is -2.06. The first-order valence-corrected chi connectivity index (χ1v) is 5.96. The van der Waals surface area contributed by atoms with Crippen molar-refractivity contribution >= 4 is 28.5 Å². The van der Waals surface area contributed by atoms with Gasteiger partial charge in [-0.3, -0.25) is 0 Å². The fourth-order valence-electron chi connectivity index (χ4n) is 1.59. The summed E-state index contributed by atoms with van der Waals surface area (Å²) in [6.45, 7) is 2.64. The second kappa shape index (κ2) is 5.23. The van der Waals surface area contributed by atoms with Crippen LogP contribution in [-0.2, 0) is 0 Å². The lowest BCUT2D eigenvalue weighted by molar-refractivity contribution is 0.0697. The number of pyridine rings is 1. The molecule has 94 valence electrons. The van der Waals surface area contributed by atoms with E-state index in [9.17, 15) is 4.79 Å². The summed E-state index contributed by atoms with van der Waals surface area (Å²) in [6.07, 6.45) is 0.914. The van der Waals surface area contributed by atoms with Crippen molar-refractivity contribution in [3.8, 4) is 5.75 Å². The van der Waals surface area contributed by atoms with Crippen molar-refractivity contribution in [1.29, 1.82) is 0 Å². The molecule has 0 aliphatic carbocycles. The van der Waals surface area contributed by atoms with E-state index in [1.807, 2.05) is 6.92 Å². The maximum absolute atomic E-state index is 11.0. The zero-order valence-corrected chi connectivity index (χ0v) is 10.6. The van der Waals surface area contributed by atoms with Gasteiger partial charge in [-0.25, -0.2) is 9.78 Å². The second-order valence-corrected chi connectivity index (χ2v) is 4.19. The molecule has 0 atom stereocenters. The standard InChI is InChI=1S/C13H12ClNO3/c1-2-5-18-9-3-4-11-8(6-9)7-10(13(16)17)12(14)15-11/h3-4,6-7H,2,5H2,1H3,(H,16,17). The number of ether oxygens (including phenoxy) is 1. The van der Waals surface area contributed by atoms with Gasteiger partial charge in [0.05, 0.1) is 17.7 Å². The average molecular weight is 266 g/mol. The van der Waals surface area contributed by atoms with Crippen LogP contribution >= 0.6 is 11.6 Å². The average Bonchev–Trinajstić information content (AvgIpc) is 2.35. The summed E-state index contributed by atoms with van der Waals surface area (Å²) in [6, 6.07) is 6.83. The van der Waals surface area contributed by atoms with Gasteiger partial charge in [0.2, 0.25) is 0 Å².